The number of carbonyl (C=O) groups excluding carboxylic acids is 1. The van der Waals surface area contributed by atoms with Gasteiger partial charge in [-0.2, -0.15) is 0 Å². The van der Waals surface area contributed by atoms with Crippen LogP contribution < -0.4 is 15.8 Å². The molecule has 0 aliphatic heterocycles. The molecule has 2 rings (SSSR count). The lowest BCUT2D eigenvalue weighted by Gasteiger charge is -2.30. The number of benzene rings is 1. The van der Waals surface area contributed by atoms with Crippen molar-refractivity contribution < 1.29 is 9.53 Å². The quantitative estimate of drug-likeness (QED) is 0.866. The van der Waals surface area contributed by atoms with Crippen molar-refractivity contribution in [1.82, 2.24) is 5.32 Å². The molecule has 4 heteroatoms. The molecular formula is C16H24N2O2. The van der Waals surface area contributed by atoms with E-state index in [9.17, 15) is 4.79 Å². The second-order valence-electron chi connectivity index (χ2n) is 5.68. The lowest BCUT2D eigenvalue weighted by Crippen LogP contribution is -2.52. The van der Waals surface area contributed by atoms with Gasteiger partial charge in [-0.15, -0.1) is 0 Å². The van der Waals surface area contributed by atoms with Crippen LogP contribution >= 0.6 is 0 Å². The van der Waals surface area contributed by atoms with Crippen LogP contribution in [0.4, 0.5) is 0 Å². The van der Waals surface area contributed by atoms with E-state index >= 15 is 0 Å². The first-order valence-corrected chi connectivity index (χ1v) is 7.26. The van der Waals surface area contributed by atoms with Crippen LogP contribution in [0.1, 0.15) is 44.1 Å². The molecule has 0 radical (unpaired) electrons. The largest absolute Gasteiger partial charge is 0.497 e. The maximum Gasteiger partial charge on any atom is 0.227 e. The number of ether oxygens (including phenoxy) is 1. The summed E-state index contributed by atoms with van der Waals surface area (Å²) in [6.07, 6.45) is 4.26. The summed E-state index contributed by atoms with van der Waals surface area (Å²) < 4.78 is 5.21. The first-order chi connectivity index (χ1) is 9.60. The van der Waals surface area contributed by atoms with E-state index in [0.29, 0.717) is 6.54 Å². The molecule has 1 amide bonds. The summed E-state index contributed by atoms with van der Waals surface area (Å²) in [5.74, 6) is 0.622. The van der Waals surface area contributed by atoms with E-state index < -0.39 is 0 Å². The Kier molecular flexibility index (Phi) is 4.65. The Morgan fingerprint density at radius 2 is 2.15 bits per heavy atom. The number of rotatable bonds is 5. The Morgan fingerprint density at radius 3 is 2.75 bits per heavy atom. The maximum absolute atomic E-state index is 12.5. The van der Waals surface area contributed by atoms with Crippen LogP contribution in [0.3, 0.4) is 0 Å². The van der Waals surface area contributed by atoms with Gasteiger partial charge in [-0.25, -0.2) is 0 Å². The highest BCUT2D eigenvalue weighted by atomic mass is 16.5. The second kappa shape index (κ2) is 6.27. The Morgan fingerprint density at radius 1 is 1.45 bits per heavy atom. The molecule has 3 N–H and O–H groups in total. The topological polar surface area (TPSA) is 64.3 Å². The van der Waals surface area contributed by atoms with Gasteiger partial charge in [0.25, 0.3) is 0 Å². The van der Waals surface area contributed by atoms with E-state index in [1.165, 1.54) is 0 Å². The summed E-state index contributed by atoms with van der Waals surface area (Å²) in [6.45, 7) is 2.44. The van der Waals surface area contributed by atoms with Crippen molar-refractivity contribution in [2.75, 3.05) is 13.7 Å². The highest BCUT2D eigenvalue weighted by Crippen LogP contribution is 2.30. The summed E-state index contributed by atoms with van der Waals surface area (Å²) in [6, 6.07) is 7.66. The van der Waals surface area contributed by atoms with Gasteiger partial charge in [-0.1, -0.05) is 25.0 Å². The van der Waals surface area contributed by atoms with Crippen molar-refractivity contribution in [3.05, 3.63) is 29.8 Å². The molecule has 1 aromatic carbocycles. The minimum atomic E-state index is -0.200. The van der Waals surface area contributed by atoms with Crippen molar-refractivity contribution in [2.24, 2.45) is 5.73 Å². The van der Waals surface area contributed by atoms with E-state index in [2.05, 4.69) is 5.32 Å². The molecule has 110 valence electrons. The zero-order valence-electron chi connectivity index (χ0n) is 12.3. The lowest BCUT2D eigenvalue weighted by molar-refractivity contribution is -0.124. The Balaban J connectivity index is 2.07. The van der Waals surface area contributed by atoms with Crippen molar-refractivity contribution in [3.8, 4) is 5.75 Å². The van der Waals surface area contributed by atoms with Crippen LogP contribution in [-0.4, -0.2) is 25.1 Å². The van der Waals surface area contributed by atoms with Gasteiger partial charge in [0.05, 0.1) is 18.6 Å². The van der Waals surface area contributed by atoms with E-state index in [0.717, 1.165) is 37.0 Å². The molecule has 1 aromatic rings. The van der Waals surface area contributed by atoms with Crippen LogP contribution in [0.25, 0.3) is 0 Å². The maximum atomic E-state index is 12.5. The Hall–Kier alpha value is -1.55. The minimum Gasteiger partial charge on any atom is -0.497 e. The lowest BCUT2D eigenvalue weighted by atomic mass is 9.94. The van der Waals surface area contributed by atoms with Crippen LogP contribution in [0.15, 0.2) is 24.3 Å². The predicted molar refractivity (Wildman–Crippen MR) is 79.8 cm³/mol. The Labute approximate surface area is 120 Å². The minimum absolute atomic E-state index is 0.0469. The van der Waals surface area contributed by atoms with Crippen molar-refractivity contribution in [3.63, 3.8) is 0 Å². The van der Waals surface area contributed by atoms with Crippen LogP contribution in [0, 0.1) is 0 Å². The normalized spacial score (nSPS) is 18.6. The number of amides is 1. The molecule has 1 fully saturated rings. The average Bonchev–Trinajstić information content (AvgIpc) is 2.95. The van der Waals surface area contributed by atoms with E-state index in [1.807, 2.05) is 31.2 Å². The van der Waals surface area contributed by atoms with Crippen LogP contribution in [0.5, 0.6) is 5.75 Å². The summed E-state index contributed by atoms with van der Waals surface area (Å²) in [5, 5.41) is 3.17. The van der Waals surface area contributed by atoms with Crippen molar-refractivity contribution >= 4 is 5.91 Å². The van der Waals surface area contributed by atoms with E-state index in [4.69, 9.17) is 10.5 Å². The molecule has 0 bridgehead atoms. The molecular weight excluding hydrogens is 252 g/mol. The summed E-state index contributed by atoms with van der Waals surface area (Å²) >= 11 is 0. The molecule has 4 nitrogen and oxygen atoms in total. The number of nitrogens with one attached hydrogen (secondary N) is 1. The van der Waals surface area contributed by atoms with Gasteiger partial charge in [0.15, 0.2) is 0 Å². The zero-order valence-corrected chi connectivity index (χ0v) is 12.3. The molecule has 0 spiro atoms. The molecule has 0 saturated heterocycles. The second-order valence-corrected chi connectivity index (χ2v) is 5.68. The van der Waals surface area contributed by atoms with Gasteiger partial charge >= 0.3 is 0 Å². The molecule has 1 atom stereocenters. The fourth-order valence-corrected chi connectivity index (χ4v) is 2.86. The molecule has 1 unspecified atom stereocenters. The van der Waals surface area contributed by atoms with Crippen molar-refractivity contribution in [2.45, 2.75) is 44.1 Å². The number of hydrogen-bond acceptors (Lipinski definition) is 3. The van der Waals surface area contributed by atoms with E-state index in [1.54, 1.807) is 7.11 Å². The predicted octanol–water partition coefficient (Wildman–Crippen LogP) is 2.19. The van der Waals surface area contributed by atoms with Crippen LogP contribution in [-0.2, 0) is 4.79 Å². The Bertz CT molecular complexity index is 467. The molecule has 0 aromatic heterocycles. The summed E-state index contributed by atoms with van der Waals surface area (Å²) in [7, 11) is 1.63. The van der Waals surface area contributed by atoms with Crippen LogP contribution in [0.2, 0.25) is 0 Å². The number of methoxy groups -OCH3 is 1. The van der Waals surface area contributed by atoms with Gasteiger partial charge in [0.1, 0.15) is 5.75 Å². The van der Waals surface area contributed by atoms with E-state index in [-0.39, 0.29) is 17.4 Å². The first-order valence-electron chi connectivity index (χ1n) is 7.26. The monoisotopic (exact) mass is 276 g/mol. The van der Waals surface area contributed by atoms with Gasteiger partial charge in [-0.05, 0) is 37.5 Å². The molecule has 1 saturated carbocycles. The molecule has 1 aliphatic carbocycles. The van der Waals surface area contributed by atoms with Gasteiger partial charge in [0, 0.05) is 6.54 Å². The van der Waals surface area contributed by atoms with Gasteiger partial charge in [-0.3, -0.25) is 4.79 Å². The number of nitrogens with two attached hydrogens (primary N) is 1. The standard InChI is InChI=1S/C16H24N2O2/c1-12(13-6-5-7-14(10-13)20-2)15(19)18-16(11-17)8-3-4-9-16/h5-7,10,12H,3-4,8-9,11,17H2,1-2H3,(H,18,19). The first kappa shape index (κ1) is 14.9. The third kappa shape index (κ3) is 3.12. The average molecular weight is 276 g/mol. The van der Waals surface area contributed by atoms with Gasteiger partial charge < -0.3 is 15.8 Å². The zero-order chi connectivity index (χ0) is 14.6. The van der Waals surface area contributed by atoms with Gasteiger partial charge in [0.2, 0.25) is 5.91 Å². The number of carbonyl (C=O) groups is 1. The fourth-order valence-electron chi connectivity index (χ4n) is 2.86. The third-order valence-corrected chi connectivity index (χ3v) is 4.33. The number of hydrogen-bond donors (Lipinski definition) is 2. The summed E-state index contributed by atoms with van der Waals surface area (Å²) in [4.78, 5) is 12.5. The molecule has 1 aliphatic rings. The highest BCUT2D eigenvalue weighted by molar-refractivity contribution is 5.84. The highest BCUT2D eigenvalue weighted by Gasteiger charge is 2.35. The fraction of sp³-hybridized carbons (Fsp3) is 0.562. The smallest absolute Gasteiger partial charge is 0.227 e. The third-order valence-electron chi connectivity index (χ3n) is 4.33. The molecule has 20 heavy (non-hydrogen) atoms. The molecule has 0 heterocycles. The SMILES string of the molecule is COc1cccc(C(C)C(=O)NC2(CN)CCCC2)c1. The summed E-state index contributed by atoms with van der Waals surface area (Å²) in [5.41, 5.74) is 6.64. The van der Waals surface area contributed by atoms with Crippen molar-refractivity contribution in [1.29, 1.82) is 0 Å².